The van der Waals surface area contributed by atoms with Crippen molar-refractivity contribution in [1.29, 1.82) is 0 Å². The molecule has 0 heterocycles. The maximum Gasteiger partial charge on any atom is 0.234 e. The highest BCUT2D eigenvalue weighted by Gasteiger charge is 2.17. The van der Waals surface area contributed by atoms with Gasteiger partial charge in [0.1, 0.15) is 0 Å². The molecule has 72 valence electrons. The minimum absolute atomic E-state index is 0.00144. The average Bonchev–Trinajstić information content (AvgIpc) is 2.03. The Kier molecular flexibility index (Phi) is 6.38. The average molecular weight is 238 g/mol. The molecule has 0 rings (SSSR count). The van der Waals surface area contributed by atoms with Gasteiger partial charge in [-0.05, 0) is 12.3 Å². The predicted molar refractivity (Wildman–Crippen MR) is 52.3 cm³/mol. The smallest absolute Gasteiger partial charge is 0.234 e. The molecule has 0 aromatic heterocycles. The Morgan fingerprint density at radius 1 is 1.58 bits per heavy atom. The number of carbonyl (C=O) groups excluding carboxylic acids is 1. The van der Waals surface area contributed by atoms with Crippen LogP contribution in [-0.4, -0.2) is 29.0 Å². The van der Waals surface area contributed by atoms with E-state index in [0.717, 1.165) is 0 Å². The SMILES string of the molecule is CC(C)C(Br)C(=O)NCCCO. The van der Waals surface area contributed by atoms with Crippen molar-refractivity contribution >= 4 is 21.8 Å². The molecule has 0 spiro atoms. The zero-order valence-corrected chi connectivity index (χ0v) is 9.10. The van der Waals surface area contributed by atoms with Crippen molar-refractivity contribution in [2.24, 2.45) is 5.92 Å². The van der Waals surface area contributed by atoms with Crippen LogP contribution in [0.15, 0.2) is 0 Å². The minimum atomic E-state index is -0.129. The molecule has 0 bridgehead atoms. The van der Waals surface area contributed by atoms with E-state index in [1.807, 2.05) is 13.8 Å². The number of hydrogen-bond donors (Lipinski definition) is 2. The summed E-state index contributed by atoms with van der Waals surface area (Å²) in [5, 5.41) is 11.2. The summed E-state index contributed by atoms with van der Waals surface area (Å²) in [4.78, 5) is 11.1. The number of amides is 1. The molecule has 0 saturated heterocycles. The second-order valence-electron chi connectivity index (χ2n) is 3.01. The first-order valence-electron chi connectivity index (χ1n) is 4.12. The monoisotopic (exact) mass is 237 g/mol. The highest BCUT2D eigenvalue weighted by atomic mass is 79.9. The Hall–Kier alpha value is -0.0900. The fraction of sp³-hybridized carbons (Fsp3) is 0.875. The largest absolute Gasteiger partial charge is 0.396 e. The van der Waals surface area contributed by atoms with Gasteiger partial charge in [-0.15, -0.1) is 0 Å². The highest BCUT2D eigenvalue weighted by Crippen LogP contribution is 2.11. The normalized spacial score (nSPS) is 13.1. The first-order chi connectivity index (χ1) is 5.59. The van der Waals surface area contributed by atoms with E-state index >= 15 is 0 Å². The van der Waals surface area contributed by atoms with Crippen LogP contribution in [0.2, 0.25) is 0 Å². The molecule has 0 fully saturated rings. The number of alkyl halides is 1. The third-order valence-electron chi connectivity index (χ3n) is 1.47. The Morgan fingerprint density at radius 2 is 2.17 bits per heavy atom. The third-order valence-corrected chi connectivity index (χ3v) is 2.94. The van der Waals surface area contributed by atoms with Gasteiger partial charge in [-0.3, -0.25) is 4.79 Å². The molecular weight excluding hydrogens is 222 g/mol. The van der Waals surface area contributed by atoms with Crippen LogP contribution in [0.1, 0.15) is 20.3 Å². The zero-order chi connectivity index (χ0) is 9.56. The summed E-state index contributed by atoms with van der Waals surface area (Å²) >= 11 is 3.29. The Balaban J connectivity index is 3.57. The summed E-state index contributed by atoms with van der Waals surface area (Å²) in [6, 6.07) is 0. The Labute approximate surface area is 81.7 Å². The Morgan fingerprint density at radius 3 is 2.58 bits per heavy atom. The minimum Gasteiger partial charge on any atom is -0.396 e. The van der Waals surface area contributed by atoms with Gasteiger partial charge in [-0.2, -0.15) is 0 Å². The van der Waals surface area contributed by atoms with E-state index in [2.05, 4.69) is 21.2 Å². The van der Waals surface area contributed by atoms with Gasteiger partial charge in [0.05, 0.1) is 4.83 Å². The lowest BCUT2D eigenvalue weighted by Gasteiger charge is -2.13. The van der Waals surface area contributed by atoms with Crippen LogP contribution in [0.3, 0.4) is 0 Å². The molecule has 0 radical (unpaired) electrons. The molecule has 4 heteroatoms. The summed E-state index contributed by atoms with van der Waals surface area (Å²) in [5.74, 6) is 0.289. The highest BCUT2D eigenvalue weighted by molar-refractivity contribution is 9.10. The quantitative estimate of drug-likeness (QED) is 0.552. The van der Waals surface area contributed by atoms with Gasteiger partial charge in [0, 0.05) is 13.2 Å². The number of carbonyl (C=O) groups is 1. The first-order valence-corrected chi connectivity index (χ1v) is 5.03. The summed E-state index contributed by atoms with van der Waals surface area (Å²) in [6.45, 7) is 4.62. The second kappa shape index (κ2) is 6.43. The van der Waals surface area contributed by atoms with Crippen LogP contribution in [0.4, 0.5) is 0 Å². The molecule has 0 aromatic rings. The third kappa shape index (κ3) is 4.72. The van der Waals surface area contributed by atoms with E-state index < -0.39 is 0 Å². The predicted octanol–water partition coefficient (Wildman–Crippen LogP) is 0.905. The molecule has 0 saturated carbocycles. The van der Waals surface area contributed by atoms with Gasteiger partial charge in [-0.1, -0.05) is 29.8 Å². The van der Waals surface area contributed by atoms with Crippen molar-refractivity contribution in [2.75, 3.05) is 13.2 Å². The van der Waals surface area contributed by atoms with E-state index in [4.69, 9.17) is 5.11 Å². The van der Waals surface area contributed by atoms with Gasteiger partial charge >= 0.3 is 0 Å². The number of hydrogen-bond acceptors (Lipinski definition) is 2. The van der Waals surface area contributed by atoms with Crippen LogP contribution in [0, 0.1) is 5.92 Å². The summed E-state index contributed by atoms with van der Waals surface area (Å²) in [6.07, 6.45) is 0.615. The molecule has 0 aliphatic rings. The van der Waals surface area contributed by atoms with E-state index in [-0.39, 0.29) is 17.3 Å². The second-order valence-corrected chi connectivity index (χ2v) is 4.00. The van der Waals surface area contributed by atoms with Crippen LogP contribution < -0.4 is 5.32 Å². The van der Waals surface area contributed by atoms with Crippen molar-refractivity contribution < 1.29 is 9.90 Å². The molecule has 2 N–H and O–H groups in total. The van der Waals surface area contributed by atoms with Crippen LogP contribution in [0.25, 0.3) is 0 Å². The molecule has 12 heavy (non-hydrogen) atoms. The van der Waals surface area contributed by atoms with Crippen molar-refractivity contribution in [3.05, 3.63) is 0 Å². The fourth-order valence-corrected chi connectivity index (χ4v) is 0.853. The molecular formula is C8H16BrNO2. The van der Waals surface area contributed by atoms with Gasteiger partial charge in [0.25, 0.3) is 0 Å². The molecule has 1 atom stereocenters. The standard InChI is InChI=1S/C8H16BrNO2/c1-6(2)7(9)8(12)10-4-3-5-11/h6-7,11H,3-5H2,1-2H3,(H,10,12). The molecule has 1 unspecified atom stereocenters. The topological polar surface area (TPSA) is 49.3 Å². The summed E-state index contributed by atoms with van der Waals surface area (Å²) in [7, 11) is 0. The number of aliphatic hydroxyl groups excluding tert-OH is 1. The van der Waals surface area contributed by atoms with E-state index in [9.17, 15) is 4.79 Å². The zero-order valence-electron chi connectivity index (χ0n) is 7.51. The van der Waals surface area contributed by atoms with E-state index in [1.54, 1.807) is 0 Å². The van der Waals surface area contributed by atoms with Crippen LogP contribution in [-0.2, 0) is 4.79 Å². The molecule has 1 amide bonds. The lowest BCUT2D eigenvalue weighted by Crippen LogP contribution is -2.34. The number of nitrogens with one attached hydrogen (secondary N) is 1. The van der Waals surface area contributed by atoms with Crippen molar-refractivity contribution in [1.82, 2.24) is 5.32 Å². The van der Waals surface area contributed by atoms with Gasteiger partial charge < -0.3 is 10.4 Å². The van der Waals surface area contributed by atoms with Crippen molar-refractivity contribution in [2.45, 2.75) is 25.1 Å². The lowest BCUT2D eigenvalue weighted by molar-refractivity contribution is -0.121. The number of halogens is 1. The fourth-order valence-electron chi connectivity index (χ4n) is 0.691. The van der Waals surface area contributed by atoms with Gasteiger partial charge in [0.15, 0.2) is 0 Å². The molecule has 0 aromatic carbocycles. The molecule has 0 aliphatic heterocycles. The molecule has 0 aliphatic carbocycles. The van der Waals surface area contributed by atoms with Crippen molar-refractivity contribution in [3.8, 4) is 0 Å². The maximum atomic E-state index is 11.2. The number of rotatable bonds is 5. The van der Waals surface area contributed by atoms with Crippen LogP contribution in [0.5, 0.6) is 0 Å². The Bertz CT molecular complexity index is 139. The van der Waals surface area contributed by atoms with Crippen molar-refractivity contribution in [3.63, 3.8) is 0 Å². The summed E-state index contributed by atoms with van der Waals surface area (Å²) < 4.78 is 0. The molecule has 3 nitrogen and oxygen atoms in total. The van der Waals surface area contributed by atoms with Crippen LogP contribution >= 0.6 is 15.9 Å². The number of aliphatic hydroxyl groups is 1. The summed E-state index contributed by atoms with van der Waals surface area (Å²) in [5.41, 5.74) is 0. The first kappa shape index (κ1) is 11.9. The van der Waals surface area contributed by atoms with E-state index in [1.165, 1.54) is 0 Å². The lowest BCUT2D eigenvalue weighted by atomic mass is 10.1. The maximum absolute atomic E-state index is 11.2. The van der Waals surface area contributed by atoms with Gasteiger partial charge in [-0.25, -0.2) is 0 Å². The van der Waals surface area contributed by atoms with Gasteiger partial charge in [0.2, 0.25) is 5.91 Å². The van der Waals surface area contributed by atoms with E-state index in [0.29, 0.717) is 18.9 Å².